The lowest BCUT2D eigenvalue weighted by Crippen LogP contribution is -2.70. The van der Waals surface area contributed by atoms with E-state index in [1.165, 1.54) is 9.47 Å². The number of carbonyl (C=O) groups is 1. The summed E-state index contributed by atoms with van der Waals surface area (Å²) in [7, 11) is 0. The Balaban J connectivity index is 7.66. The van der Waals surface area contributed by atoms with Crippen molar-refractivity contribution in [3.63, 3.8) is 0 Å². The number of carboxylic acid groups (broad SMARTS) is 1. The van der Waals surface area contributed by atoms with Gasteiger partial charge >= 0.3 is 90.2 Å². The van der Waals surface area contributed by atoms with Gasteiger partial charge in [-0.2, -0.15) is 119 Å². The summed E-state index contributed by atoms with van der Waals surface area (Å²) in [5, 5.41) is 0.486. The Morgan fingerprint density at radius 2 is 0.627 bits per heavy atom. The molecule has 0 saturated carbocycles. The number of hydrogen-bond donors (Lipinski definition) is 1. The Kier molecular flexibility index (Phi) is 12.3. The first kappa shape index (κ1) is 48.6. The molecule has 0 radical (unpaired) electrons. The highest BCUT2D eigenvalue weighted by molar-refractivity contribution is 6.24. The summed E-state index contributed by atoms with van der Waals surface area (Å²) >= 11 is 3.43. The fourth-order valence-corrected chi connectivity index (χ4v) is 2.13. The molecule has 0 spiro atoms. The summed E-state index contributed by atoms with van der Waals surface area (Å²) in [6, 6.07) is -17.3. The van der Waals surface area contributed by atoms with Crippen molar-refractivity contribution < 1.29 is 157 Å². The third kappa shape index (κ3) is 8.88. The van der Waals surface area contributed by atoms with Crippen LogP contribution in [0.15, 0.2) is 0 Å². The molecule has 36 heteroatoms. The van der Waals surface area contributed by atoms with Crippen LogP contribution in [0.5, 0.6) is 0 Å². The maximum Gasteiger partial charge on any atom is 0.478 e. The van der Waals surface area contributed by atoms with Crippen LogP contribution in [0.1, 0.15) is 0 Å². The van der Waals surface area contributed by atoms with Gasteiger partial charge in [-0.1, -0.05) is 11.6 Å². The first-order valence-corrected chi connectivity index (χ1v) is 10.6. The third-order valence-electron chi connectivity index (χ3n) is 4.44. The van der Waals surface area contributed by atoms with E-state index in [1.807, 2.05) is 0 Å². The van der Waals surface area contributed by atoms with Crippen molar-refractivity contribution in [2.24, 2.45) is 0 Å². The molecule has 0 saturated heterocycles. The number of hydrogen-bond acceptors (Lipinski definition) is 6. The number of rotatable bonds is 14. The molecule has 1 N–H and O–H groups in total. The Hall–Kier alpha value is -2.40. The van der Waals surface area contributed by atoms with Gasteiger partial charge in [-0.3, -0.25) is 9.47 Å². The number of carboxylic acids is 1. The lowest BCUT2D eigenvalue weighted by Gasteiger charge is -2.43. The van der Waals surface area contributed by atoms with E-state index in [-0.39, 0.29) is 0 Å². The van der Waals surface area contributed by atoms with E-state index in [4.69, 9.17) is 5.11 Å². The fraction of sp³-hybridized carbons (Fsp3) is 0.933. The van der Waals surface area contributed by atoms with Crippen LogP contribution >= 0.6 is 11.6 Å². The minimum Gasteiger partial charge on any atom is -0.475 e. The van der Waals surface area contributed by atoms with Gasteiger partial charge < -0.3 is 5.11 Å². The first-order chi connectivity index (χ1) is 21.5. The number of ether oxygens (including phenoxy) is 5. The molecule has 0 amide bonds. The molecule has 0 aliphatic heterocycles. The first-order valence-electron chi connectivity index (χ1n) is 10.2. The number of alkyl halides is 29. The summed E-state index contributed by atoms with van der Waals surface area (Å²) in [6.45, 7) is 0. The molecular weight excluding hydrogens is 860 g/mol. The van der Waals surface area contributed by atoms with Gasteiger partial charge in [-0.25, -0.2) is 23.4 Å². The minimum absolute atomic E-state index is 1.04. The molecule has 5 unspecified atom stereocenters. The zero-order chi connectivity index (χ0) is 42.1. The SMILES string of the molecule is O=C(O)C(F)(F)OC(F)(C(F)(F)F)C(F)(F)OC(F)(OC(F)(C(F)(F)F)C(F)(F)OC(F)(OC(F)(F)C(F)(Cl)C(F)(F)F)C(F)(F)F)C(F)(F)F. The molecule has 0 aromatic rings. The summed E-state index contributed by atoms with van der Waals surface area (Å²) in [5.74, 6) is -21.9. The predicted molar refractivity (Wildman–Crippen MR) is 88.2 cm³/mol. The van der Waals surface area contributed by atoms with Crippen molar-refractivity contribution in [1.29, 1.82) is 0 Å². The smallest absolute Gasteiger partial charge is 0.475 e. The summed E-state index contributed by atoms with van der Waals surface area (Å²) < 4.78 is 377. The van der Waals surface area contributed by atoms with E-state index in [1.54, 1.807) is 0 Å². The molecule has 0 heterocycles. The van der Waals surface area contributed by atoms with Gasteiger partial charge in [0.15, 0.2) is 0 Å². The minimum atomic E-state index is -9.12. The molecule has 0 rings (SSSR count). The van der Waals surface area contributed by atoms with Crippen LogP contribution in [0.3, 0.4) is 0 Å². The number of halogens is 29. The monoisotopic (exact) mass is 860 g/mol. The van der Waals surface area contributed by atoms with Gasteiger partial charge in [0, 0.05) is 0 Å². The van der Waals surface area contributed by atoms with E-state index in [0.29, 0.717) is 0 Å². The maximum absolute atomic E-state index is 14.5. The van der Waals surface area contributed by atoms with Gasteiger partial charge in [0.25, 0.3) is 0 Å². The van der Waals surface area contributed by atoms with Crippen LogP contribution in [0.2, 0.25) is 0 Å². The summed E-state index contributed by atoms with van der Waals surface area (Å²) in [5.41, 5.74) is 0. The zero-order valence-electron chi connectivity index (χ0n) is 21.4. The van der Waals surface area contributed by atoms with E-state index >= 15 is 0 Å². The van der Waals surface area contributed by atoms with Gasteiger partial charge in [-0.15, -0.1) is 0 Å². The predicted octanol–water partition coefficient (Wildman–Crippen LogP) is 8.82. The molecule has 5 atom stereocenters. The normalized spacial score (nSPS) is 21.2. The lowest BCUT2D eigenvalue weighted by molar-refractivity contribution is -0.615. The van der Waals surface area contributed by atoms with Gasteiger partial charge in [0.05, 0.1) is 0 Å². The quantitative estimate of drug-likeness (QED) is 0.106. The van der Waals surface area contributed by atoms with E-state index in [0.717, 1.165) is 14.2 Å². The topological polar surface area (TPSA) is 83.5 Å². The van der Waals surface area contributed by atoms with Crippen LogP contribution in [0, 0.1) is 0 Å². The summed E-state index contributed by atoms with van der Waals surface area (Å²) in [4.78, 5) is 10.1. The Morgan fingerprint density at radius 3 is 0.863 bits per heavy atom. The second kappa shape index (κ2) is 12.9. The van der Waals surface area contributed by atoms with Crippen LogP contribution in [0.25, 0.3) is 0 Å². The number of aliphatic carboxylic acids is 1. The molecule has 0 bridgehead atoms. The molecule has 306 valence electrons. The molecule has 0 aromatic carbocycles. The van der Waals surface area contributed by atoms with Crippen molar-refractivity contribution >= 4 is 17.6 Å². The van der Waals surface area contributed by atoms with Gasteiger partial charge in [0.1, 0.15) is 0 Å². The molecular formula is C15HClF28O7. The van der Waals surface area contributed by atoms with Crippen molar-refractivity contribution in [1.82, 2.24) is 0 Å². The van der Waals surface area contributed by atoms with E-state index in [2.05, 4.69) is 11.6 Å². The lowest BCUT2D eigenvalue weighted by atomic mass is 10.2. The second-order valence-electron chi connectivity index (χ2n) is 8.21. The Labute approximate surface area is 259 Å². The van der Waals surface area contributed by atoms with Crippen LogP contribution in [-0.4, -0.2) is 95.3 Å². The molecule has 0 aliphatic rings. The van der Waals surface area contributed by atoms with Crippen molar-refractivity contribution in [3.8, 4) is 0 Å². The highest BCUT2D eigenvalue weighted by Gasteiger charge is 2.87. The van der Waals surface area contributed by atoms with E-state index < -0.39 is 90.2 Å². The maximum atomic E-state index is 14.5. The largest absolute Gasteiger partial charge is 0.478 e. The van der Waals surface area contributed by atoms with Crippen LogP contribution in [0.4, 0.5) is 123 Å². The van der Waals surface area contributed by atoms with Crippen molar-refractivity contribution in [2.75, 3.05) is 0 Å². The zero-order valence-corrected chi connectivity index (χ0v) is 22.1. The average Bonchev–Trinajstić information content (AvgIpc) is 2.78. The van der Waals surface area contributed by atoms with Gasteiger partial charge in [-0.05, 0) is 0 Å². The van der Waals surface area contributed by atoms with Gasteiger partial charge in [0.2, 0.25) is 0 Å². The highest BCUT2D eigenvalue weighted by Crippen LogP contribution is 2.59. The average molecular weight is 861 g/mol. The van der Waals surface area contributed by atoms with Crippen LogP contribution < -0.4 is 0 Å². The van der Waals surface area contributed by atoms with Crippen molar-refractivity contribution in [2.45, 2.75) is 84.2 Å². The van der Waals surface area contributed by atoms with Crippen LogP contribution in [-0.2, 0) is 28.5 Å². The molecule has 0 fully saturated rings. The third-order valence-corrected chi connectivity index (χ3v) is 4.88. The Morgan fingerprint density at radius 1 is 0.373 bits per heavy atom. The second-order valence-corrected chi connectivity index (χ2v) is 8.73. The molecule has 0 aromatic heterocycles. The molecule has 7 nitrogen and oxygen atoms in total. The molecule has 0 aliphatic carbocycles. The van der Waals surface area contributed by atoms with E-state index in [9.17, 15) is 128 Å². The fourth-order valence-electron chi connectivity index (χ4n) is 2.09. The highest BCUT2D eigenvalue weighted by atomic mass is 35.5. The summed E-state index contributed by atoms with van der Waals surface area (Å²) in [6.07, 6.45) is -74.5. The molecule has 51 heavy (non-hydrogen) atoms. The standard InChI is InChI=1S/C15HClF28O7/c16-3(19,6(22,23)24)11(37,38)49-15(44,10(34,35)36)51-13(41,42)5(21,8(28,29)30)48-14(43,9(31,32)33)50-12(39,40)4(20,7(25,26)27)47-2(17,18)1(45)46/h(H,45,46). The Bertz CT molecular complexity index is 1250. The van der Waals surface area contributed by atoms with Crippen molar-refractivity contribution in [3.05, 3.63) is 0 Å².